The predicted octanol–water partition coefficient (Wildman–Crippen LogP) is 1.42. The molecule has 1 atom stereocenters. The highest BCUT2D eigenvalue weighted by molar-refractivity contribution is 5.90. The molecule has 2 heterocycles. The Morgan fingerprint density at radius 1 is 1.24 bits per heavy atom. The van der Waals surface area contributed by atoms with Crippen LogP contribution in [0.4, 0.5) is 0 Å². The summed E-state index contributed by atoms with van der Waals surface area (Å²) < 4.78 is 5.20. The van der Waals surface area contributed by atoms with Crippen molar-refractivity contribution in [3.63, 3.8) is 0 Å². The maximum absolute atomic E-state index is 12.8. The Kier molecular flexibility index (Phi) is 4.20. The van der Waals surface area contributed by atoms with Crippen LogP contribution in [0.5, 0.6) is 0 Å². The molecule has 0 bridgehead atoms. The molecule has 0 N–H and O–H groups in total. The molecule has 3 rings (SSSR count). The van der Waals surface area contributed by atoms with Crippen molar-refractivity contribution >= 4 is 11.8 Å². The van der Waals surface area contributed by atoms with Crippen LogP contribution in [-0.2, 0) is 14.3 Å². The average molecular weight is 294 g/mol. The summed E-state index contributed by atoms with van der Waals surface area (Å²) in [5.41, 5.74) is 0.262. The largest absolute Gasteiger partial charge is 0.385 e. The van der Waals surface area contributed by atoms with Crippen LogP contribution in [0, 0.1) is 5.41 Å². The van der Waals surface area contributed by atoms with E-state index in [9.17, 15) is 9.59 Å². The Hall–Kier alpha value is -1.10. The Balaban J connectivity index is 1.68. The SMILES string of the molecule is COCCC1(CN2CCC(=O)N3CCCCC3C2=O)CC1. The second-order valence-corrected chi connectivity index (χ2v) is 6.85. The molecule has 118 valence electrons. The summed E-state index contributed by atoms with van der Waals surface area (Å²) in [7, 11) is 1.73. The Morgan fingerprint density at radius 3 is 2.76 bits per heavy atom. The van der Waals surface area contributed by atoms with Gasteiger partial charge in [-0.25, -0.2) is 0 Å². The van der Waals surface area contributed by atoms with Crippen molar-refractivity contribution < 1.29 is 14.3 Å². The average Bonchev–Trinajstić information content (AvgIpc) is 3.29. The summed E-state index contributed by atoms with van der Waals surface area (Å²) in [4.78, 5) is 28.8. The van der Waals surface area contributed by atoms with Gasteiger partial charge in [0.05, 0.1) is 0 Å². The molecule has 5 heteroatoms. The second kappa shape index (κ2) is 5.95. The topological polar surface area (TPSA) is 49.9 Å². The van der Waals surface area contributed by atoms with Gasteiger partial charge in [0.15, 0.2) is 0 Å². The molecule has 0 aromatic heterocycles. The number of hydrogen-bond acceptors (Lipinski definition) is 3. The minimum absolute atomic E-state index is 0.164. The number of amides is 2. The molecule has 1 saturated carbocycles. The fourth-order valence-electron chi connectivity index (χ4n) is 3.73. The molecule has 2 amide bonds. The van der Waals surface area contributed by atoms with Crippen molar-refractivity contribution in [2.75, 3.05) is 33.4 Å². The van der Waals surface area contributed by atoms with Gasteiger partial charge in [0.1, 0.15) is 6.04 Å². The molecule has 2 saturated heterocycles. The van der Waals surface area contributed by atoms with Crippen molar-refractivity contribution in [3.8, 4) is 0 Å². The first-order chi connectivity index (χ1) is 10.2. The van der Waals surface area contributed by atoms with Crippen LogP contribution in [0.2, 0.25) is 0 Å². The van der Waals surface area contributed by atoms with E-state index in [-0.39, 0.29) is 23.3 Å². The molecule has 2 aliphatic heterocycles. The molecular formula is C16H26N2O3. The van der Waals surface area contributed by atoms with Gasteiger partial charge < -0.3 is 14.5 Å². The second-order valence-electron chi connectivity index (χ2n) is 6.85. The lowest BCUT2D eigenvalue weighted by Gasteiger charge is -2.35. The van der Waals surface area contributed by atoms with E-state index in [0.717, 1.165) is 45.4 Å². The molecule has 5 nitrogen and oxygen atoms in total. The lowest BCUT2D eigenvalue weighted by atomic mass is 9.99. The molecule has 0 aromatic rings. The van der Waals surface area contributed by atoms with Crippen LogP contribution in [-0.4, -0.2) is 61.0 Å². The first-order valence-electron chi connectivity index (χ1n) is 8.22. The Morgan fingerprint density at radius 2 is 2.05 bits per heavy atom. The molecule has 0 spiro atoms. The first kappa shape index (κ1) is 14.8. The maximum Gasteiger partial charge on any atom is 0.245 e. The summed E-state index contributed by atoms with van der Waals surface area (Å²) in [6, 6.07) is -0.188. The number of fused-ring (bicyclic) bond motifs is 1. The molecule has 3 fully saturated rings. The predicted molar refractivity (Wildman–Crippen MR) is 78.7 cm³/mol. The first-order valence-corrected chi connectivity index (χ1v) is 8.22. The number of piperidine rings is 1. The van der Waals surface area contributed by atoms with E-state index in [0.29, 0.717) is 13.0 Å². The van der Waals surface area contributed by atoms with Crippen LogP contribution >= 0.6 is 0 Å². The van der Waals surface area contributed by atoms with Crippen molar-refractivity contribution in [2.24, 2.45) is 5.41 Å². The lowest BCUT2D eigenvalue weighted by Crippen LogP contribution is -2.50. The summed E-state index contributed by atoms with van der Waals surface area (Å²) in [6.45, 7) is 2.93. The highest BCUT2D eigenvalue weighted by Gasteiger charge is 2.46. The molecule has 0 radical (unpaired) electrons. The van der Waals surface area contributed by atoms with Crippen LogP contribution in [0.25, 0.3) is 0 Å². The number of ether oxygens (including phenoxy) is 1. The zero-order valence-corrected chi connectivity index (χ0v) is 13.0. The van der Waals surface area contributed by atoms with Gasteiger partial charge in [0.25, 0.3) is 0 Å². The van der Waals surface area contributed by atoms with Crippen molar-refractivity contribution in [1.29, 1.82) is 0 Å². The molecular weight excluding hydrogens is 268 g/mol. The Labute approximate surface area is 126 Å². The van der Waals surface area contributed by atoms with Crippen LogP contribution in [0.15, 0.2) is 0 Å². The molecule has 3 aliphatic rings. The fourth-order valence-corrected chi connectivity index (χ4v) is 3.73. The number of carbonyl (C=O) groups is 2. The number of carbonyl (C=O) groups excluding carboxylic acids is 2. The van der Waals surface area contributed by atoms with E-state index in [4.69, 9.17) is 4.74 Å². The third kappa shape index (κ3) is 3.07. The van der Waals surface area contributed by atoms with Crippen LogP contribution < -0.4 is 0 Å². The summed E-state index contributed by atoms with van der Waals surface area (Å²) in [5, 5.41) is 0. The van der Waals surface area contributed by atoms with Gasteiger partial charge in [-0.1, -0.05) is 0 Å². The van der Waals surface area contributed by atoms with E-state index in [1.807, 2.05) is 9.80 Å². The Bertz CT molecular complexity index is 420. The van der Waals surface area contributed by atoms with E-state index in [1.165, 1.54) is 12.8 Å². The normalized spacial score (nSPS) is 28.3. The van der Waals surface area contributed by atoms with Gasteiger partial charge in [-0.15, -0.1) is 0 Å². The van der Waals surface area contributed by atoms with Crippen molar-refractivity contribution in [2.45, 2.75) is 51.0 Å². The maximum atomic E-state index is 12.8. The van der Waals surface area contributed by atoms with E-state index < -0.39 is 0 Å². The summed E-state index contributed by atoms with van der Waals surface area (Å²) >= 11 is 0. The summed E-state index contributed by atoms with van der Waals surface area (Å²) in [5.74, 6) is 0.349. The fraction of sp³-hybridized carbons (Fsp3) is 0.875. The number of nitrogens with zero attached hydrogens (tertiary/aromatic N) is 2. The number of methoxy groups -OCH3 is 1. The van der Waals surface area contributed by atoms with Gasteiger partial charge >= 0.3 is 0 Å². The summed E-state index contributed by atoms with van der Waals surface area (Å²) in [6.07, 6.45) is 6.81. The third-order valence-electron chi connectivity index (χ3n) is 5.34. The lowest BCUT2D eigenvalue weighted by molar-refractivity contribution is -0.143. The van der Waals surface area contributed by atoms with Crippen molar-refractivity contribution in [1.82, 2.24) is 9.80 Å². The third-order valence-corrected chi connectivity index (χ3v) is 5.34. The van der Waals surface area contributed by atoms with Gasteiger partial charge in [-0.05, 0) is 43.9 Å². The van der Waals surface area contributed by atoms with E-state index in [1.54, 1.807) is 7.11 Å². The molecule has 21 heavy (non-hydrogen) atoms. The zero-order valence-electron chi connectivity index (χ0n) is 13.0. The zero-order chi connectivity index (χ0) is 14.9. The highest BCUT2D eigenvalue weighted by Crippen LogP contribution is 2.49. The number of hydrogen-bond donors (Lipinski definition) is 0. The van der Waals surface area contributed by atoms with E-state index >= 15 is 0 Å². The van der Waals surface area contributed by atoms with E-state index in [2.05, 4.69) is 0 Å². The molecule has 1 aliphatic carbocycles. The van der Waals surface area contributed by atoms with Gasteiger partial charge in [0, 0.05) is 39.8 Å². The van der Waals surface area contributed by atoms with Gasteiger partial charge in [0.2, 0.25) is 11.8 Å². The molecule has 0 aromatic carbocycles. The van der Waals surface area contributed by atoms with Crippen LogP contribution in [0.1, 0.15) is 44.9 Å². The van der Waals surface area contributed by atoms with Crippen molar-refractivity contribution in [3.05, 3.63) is 0 Å². The van der Waals surface area contributed by atoms with Gasteiger partial charge in [-0.3, -0.25) is 9.59 Å². The van der Waals surface area contributed by atoms with Crippen LogP contribution in [0.3, 0.4) is 0 Å². The smallest absolute Gasteiger partial charge is 0.245 e. The quantitative estimate of drug-likeness (QED) is 0.770. The van der Waals surface area contributed by atoms with Gasteiger partial charge in [-0.2, -0.15) is 0 Å². The minimum atomic E-state index is -0.188. The number of rotatable bonds is 5. The monoisotopic (exact) mass is 294 g/mol. The minimum Gasteiger partial charge on any atom is -0.385 e. The highest BCUT2D eigenvalue weighted by atomic mass is 16.5. The molecule has 1 unspecified atom stereocenters. The standard InChI is InChI=1S/C16H26N2O3/c1-21-11-8-16(6-7-16)12-17-10-5-14(19)18-9-3-2-4-13(18)15(17)20/h13H,2-12H2,1H3.